The Labute approximate surface area is 198 Å². The van der Waals surface area contributed by atoms with Gasteiger partial charge in [0.25, 0.3) is 5.91 Å². The number of hydrogen-bond acceptors (Lipinski definition) is 5. The van der Waals surface area contributed by atoms with E-state index in [-0.39, 0.29) is 11.8 Å². The third-order valence-corrected chi connectivity index (χ3v) is 5.98. The number of nitrogens with one attached hydrogen (secondary N) is 1. The SMILES string of the molecule is CN(C)C(=O)c1cccc2ncc(Nc3ccc(-c4ccc(N5CCCC5=O)cc4)cn3)cc12. The molecule has 7 heteroatoms. The molecule has 5 rings (SSSR count). The zero-order valence-corrected chi connectivity index (χ0v) is 19.2. The van der Waals surface area contributed by atoms with E-state index in [0.717, 1.165) is 46.4 Å². The van der Waals surface area contributed by atoms with Crippen molar-refractivity contribution in [3.63, 3.8) is 0 Å². The molecule has 0 saturated carbocycles. The summed E-state index contributed by atoms with van der Waals surface area (Å²) in [7, 11) is 3.48. The van der Waals surface area contributed by atoms with Gasteiger partial charge in [-0.3, -0.25) is 14.6 Å². The van der Waals surface area contributed by atoms with Crippen molar-refractivity contribution in [2.45, 2.75) is 12.8 Å². The third-order valence-electron chi connectivity index (χ3n) is 5.98. The van der Waals surface area contributed by atoms with Gasteiger partial charge in [-0.25, -0.2) is 4.98 Å². The van der Waals surface area contributed by atoms with Crippen molar-refractivity contribution in [1.29, 1.82) is 0 Å². The number of amides is 2. The van der Waals surface area contributed by atoms with E-state index in [2.05, 4.69) is 15.3 Å². The number of carbonyl (C=O) groups excluding carboxylic acids is 2. The van der Waals surface area contributed by atoms with Crippen LogP contribution in [-0.2, 0) is 4.79 Å². The van der Waals surface area contributed by atoms with E-state index in [4.69, 9.17) is 0 Å². The third kappa shape index (κ3) is 4.20. The lowest BCUT2D eigenvalue weighted by Gasteiger charge is -2.16. The van der Waals surface area contributed by atoms with Crippen molar-refractivity contribution in [3.05, 3.63) is 78.6 Å². The van der Waals surface area contributed by atoms with Crippen LogP contribution in [0.1, 0.15) is 23.2 Å². The molecular formula is C27H25N5O2. The zero-order chi connectivity index (χ0) is 23.7. The summed E-state index contributed by atoms with van der Waals surface area (Å²) in [5.74, 6) is 0.805. The highest BCUT2D eigenvalue weighted by Crippen LogP contribution is 2.27. The summed E-state index contributed by atoms with van der Waals surface area (Å²) in [6.07, 6.45) is 5.09. The average Bonchev–Trinajstić information content (AvgIpc) is 3.29. The van der Waals surface area contributed by atoms with E-state index in [0.29, 0.717) is 17.8 Å². The van der Waals surface area contributed by atoms with Crippen molar-refractivity contribution < 1.29 is 9.59 Å². The molecule has 2 amide bonds. The second kappa shape index (κ2) is 8.94. The van der Waals surface area contributed by atoms with Gasteiger partial charge >= 0.3 is 0 Å². The molecule has 1 aliphatic heterocycles. The van der Waals surface area contributed by atoms with E-state index < -0.39 is 0 Å². The minimum absolute atomic E-state index is 0.0628. The van der Waals surface area contributed by atoms with Gasteiger partial charge in [0.15, 0.2) is 0 Å². The van der Waals surface area contributed by atoms with Gasteiger partial charge in [-0.1, -0.05) is 18.2 Å². The predicted octanol–water partition coefficient (Wildman–Crippen LogP) is 4.87. The van der Waals surface area contributed by atoms with Gasteiger partial charge in [0.1, 0.15) is 5.82 Å². The second-order valence-corrected chi connectivity index (χ2v) is 8.55. The quantitative estimate of drug-likeness (QED) is 0.468. The minimum Gasteiger partial charge on any atom is -0.345 e. The highest BCUT2D eigenvalue weighted by Gasteiger charge is 2.21. The van der Waals surface area contributed by atoms with Crippen LogP contribution in [0.15, 0.2) is 73.1 Å². The first-order valence-electron chi connectivity index (χ1n) is 11.2. The van der Waals surface area contributed by atoms with E-state index in [1.165, 1.54) is 0 Å². The monoisotopic (exact) mass is 451 g/mol. The highest BCUT2D eigenvalue weighted by atomic mass is 16.2. The molecule has 0 unspecified atom stereocenters. The van der Waals surface area contributed by atoms with Crippen LogP contribution < -0.4 is 10.2 Å². The van der Waals surface area contributed by atoms with Crippen molar-refractivity contribution >= 4 is 39.9 Å². The standard InChI is InChI=1S/C27H25N5O2/c1-31(2)27(34)22-5-3-6-24-23(22)15-20(17-28-24)30-25-13-10-19(16-29-25)18-8-11-21(12-9-18)32-14-4-7-26(32)33/h3,5-6,8-13,15-17H,4,7,14H2,1-2H3,(H,29,30). The van der Waals surface area contributed by atoms with Gasteiger partial charge in [-0.15, -0.1) is 0 Å². The Balaban J connectivity index is 1.34. The van der Waals surface area contributed by atoms with Crippen molar-refractivity contribution in [2.24, 2.45) is 0 Å². The number of fused-ring (bicyclic) bond motifs is 1. The molecule has 34 heavy (non-hydrogen) atoms. The van der Waals surface area contributed by atoms with Gasteiger partial charge in [0, 0.05) is 55.5 Å². The summed E-state index contributed by atoms with van der Waals surface area (Å²) >= 11 is 0. The highest BCUT2D eigenvalue weighted by molar-refractivity contribution is 6.06. The summed E-state index contributed by atoms with van der Waals surface area (Å²) in [6, 6.07) is 19.4. The molecule has 0 atom stereocenters. The van der Waals surface area contributed by atoms with Gasteiger partial charge in [-0.2, -0.15) is 0 Å². The van der Waals surface area contributed by atoms with Crippen LogP contribution >= 0.6 is 0 Å². The zero-order valence-electron chi connectivity index (χ0n) is 19.2. The summed E-state index contributed by atoms with van der Waals surface area (Å²) < 4.78 is 0. The van der Waals surface area contributed by atoms with Gasteiger partial charge in [0.2, 0.25) is 5.91 Å². The molecule has 170 valence electrons. The number of pyridine rings is 2. The first kappa shape index (κ1) is 21.6. The summed E-state index contributed by atoms with van der Waals surface area (Å²) in [5.41, 5.74) is 5.09. The molecule has 1 saturated heterocycles. The lowest BCUT2D eigenvalue weighted by atomic mass is 10.1. The Morgan fingerprint density at radius 2 is 1.76 bits per heavy atom. The Bertz CT molecular complexity index is 1360. The first-order valence-corrected chi connectivity index (χ1v) is 11.2. The maximum Gasteiger partial charge on any atom is 0.254 e. The number of carbonyl (C=O) groups is 2. The van der Waals surface area contributed by atoms with Crippen LogP contribution in [-0.4, -0.2) is 47.3 Å². The maximum atomic E-state index is 12.6. The molecular weight excluding hydrogens is 426 g/mol. The molecule has 1 fully saturated rings. The number of nitrogens with zero attached hydrogens (tertiary/aromatic N) is 4. The van der Waals surface area contributed by atoms with E-state index in [1.54, 1.807) is 25.2 Å². The van der Waals surface area contributed by atoms with Gasteiger partial charge < -0.3 is 15.1 Å². The van der Waals surface area contributed by atoms with E-state index >= 15 is 0 Å². The fourth-order valence-corrected chi connectivity index (χ4v) is 4.19. The Hall–Kier alpha value is -4.26. The molecule has 3 heterocycles. The number of rotatable bonds is 5. The summed E-state index contributed by atoms with van der Waals surface area (Å²) in [5, 5.41) is 4.07. The lowest BCUT2D eigenvalue weighted by Crippen LogP contribution is -2.23. The number of hydrogen-bond donors (Lipinski definition) is 1. The second-order valence-electron chi connectivity index (χ2n) is 8.55. The number of anilines is 3. The summed E-state index contributed by atoms with van der Waals surface area (Å²) in [4.78, 5) is 37.0. The van der Waals surface area contributed by atoms with Crippen LogP contribution in [0.4, 0.5) is 17.2 Å². The van der Waals surface area contributed by atoms with Crippen molar-refractivity contribution in [2.75, 3.05) is 30.9 Å². The van der Waals surface area contributed by atoms with Crippen LogP contribution in [0.5, 0.6) is 0 Å². The number of benzene rings is 2. The smallest absolute Gasteiger partial charge is 0.254 e. The molecule has 2 aromatic carbocycles. The molecule has 0 spiro atoms. The lowest BCUT2D eigenvalue weighted by molar-refractivity contribution is -0.117. The Morgan fingerprint density at radius 1 is 0.971 bits per heavy atom. The van der Waals surface area contributed by atoms with Crippen LogP contribution in [0, 0.1) is 0 Å². The largest absolute Gasteiger partial charge is 0.345 e. The van der Waals surface area contributed by atoms with Gasteiger partial charge in [0.05, 0.1) is 17.4 Å². The molecule has 0 aliphatic carbocycles. The minimum atomic E-state index is -0.0628. The molecule has 1 N–H and O–H groups in total. The van der Waals surface area contributed by atoms with Crippen molar-refractivity contribution in [1.82, 2.24) is 14.9 Å². The Kier molecular flexibility index (Phi) is 5.67. The molecule has 2 aromatic heterocycles. The molecule has 1 aliphatic rings. The normalized spacial score (nSPS) is 13.4. The predicted molar refractivity (Wildman–Crippen MR) is 134 cm³/mol. The van der Waals surface area contributed by atoms with E-state index in [9.17, 15) is 9.59 Å². The number of aromatic nitrogens is 2. The fraction of sp³-hybridized carbons (Fsp3) is 0.185. The average molecular weight is 452 g/mol. The topological polar surface area (TPSA) is 78.4 Å². The van der Waals surface area contributed by atoms with Gasteiger partial charge in [-0.05, 0) is 54.4 Å². The molecule has 0 radical (unpaired) electrons. The molecule has 7 nitrogen and oxygen atoms in total. The van der Waals surface area contributed by atoms with E-state index in [1.807, 2.05) is 71.8 Å². The summed E-state index contributed by atoms with van der Waals surface area (Å²) in [6.45, 7) is 0.786. The first-order chi connectivity index (χ1) is 16.5. The fourth-order valence-electron chi connectivity index (χ4n) is 4.19. The molecule has 4 aromatic rings. The van der Waals surface area contributed by atoms with Crippen LogP contribution in [0.3, 0.4) is 0 Å². The van der Waals surface area contributed by atoms with Crippen LogP contribution in [0.2, 0.25) is 0 Å². The van der Waals surface area contributed by atoms with Crippen LogP contribution in [0.25, 0.3) is 22.0 Å². The molecule has 0 bridgehead atoms. The van der Waals surface area contributed by atoms with Crippen molar-refractivity contribution in [3.8, 4) is 11.1 Å². The maximum absolute atomic E-state index is 12.6. The Morgan fingerprint density at radius 3 is 2.44 bits per heavy atom.